The summed E-state index contributed by atoms with van der Waals surface area (Å²) in [5, 5.41) is 13.6. The minimum atomic E-state index is 0.00379. The SMILES string of the molecule is CCCOc1ccccc1-n1cc(CO)c(C)n1. The van der Waals surface area contributed by atoms with Crippen LogP contribution in [0.25, 0.3) is 5.69 Å². The van der Waals surface area contributed by atoms with Gasteiger partial charge in [0.2, 0.25) is 0 Å². The van der Waals surface area contributed by atoms with Crippen molar-refractivity contribution in [3.05, 3.63) is 41.7 Å². The van der Waals surface area contributed by atoms with E-state index in [1.807, 2.05) is 37.4 Å². The predicted octanol–water partition coefficient (Wildman–Crippen LogP) is 2.46. The molecule has 0 saturated heterocycles. The molecule has 2 rings (SSSR count). The molecule has 18 heavy (non-hydrogen) atoms. The molecular weight excluding hydrogens is 228 g/mol. The summed E-state index contributed by atoms with van der Waals surface area (Å²) in [6.45, 7) is 4.65. The maximum Gasteiger partial charge on any atom is 0.144 e. The van der Waals surface area contributed by atoms with Gasteiger partial charge in [0.15, 0.2) is 0 Å². The van der Waals surface area contributed by atoms with Gasteiger partial charge in [-0.2, -0.15) is 5.10 Å². The van der Waals surface area contributed by atoms with Crippen molar-refractivity contribution in [2.24, 2.45) is 0 Å². The number of hydrogen-bond acceptors (Lipinski definition) is 3. The zero-order chi connectivity index (χ0) is 13.0. The van der Waals surface area contributed by atoms with Crippen LogP contribution in [0.2, 0.25) is 0 Å². The Kier molecular flexibility index (Phi) is 3.99. The lowest BCUT2D eigenvalue weighted by Gasteiger charge is -2.10. The summed E-state index contributed by atoms with van der Waals surface area (Å²) >= 11 is 0. The Labute approximate surface area is 107 Å². The van der Waals surface area contributed by atoms with Gasteiger partial charge >= 0.3 is 0 Å². The summed E-state index contributed by atoms with van der Waals surface area (Å²) in [6.07, 6.45) is 2.80. The van der Waals surface area contributed by atoms with Crippen LogP contribution in [0, 0.1) is 6.92 Å². The Bertz CT molecular complexity index is 520. The van der Waals surface area contributed by atoms with Gasteiger partial charge in [-0.25, -0.2) is 4.68 Å². The van der Waals surface area contributed by atoms with E-state index >= 15 is 0 Å². The molecule has 4 heteroatoms. The van der Waals surface area contributed by atoms with Gasteiger partial charge in [0.1, 0.15) is 11.4 Å². The number of hydrogen-bond donors (Lipinski definition) is 1. The number of aliphatic hydroxyl groups is 1. The molecule has 96 valence electrons. The number of benzene rings is 1. The van der Waals surface area contributed by atoms with Gasteiger partial charge in [-0.05, 0) is 25.5 Å². The summed E-state index contributed by atoms with van der Waals surface area (Å²) in [6, 6.07) is 7.78. The molecule has 0 aliphatic carbocycles. The maximum atomic E-state index is 9.20. The highest BCUT2D eigenvalue weighted by atomic mass is 16.5. The van der Waals surface area contributed by atoms with Gasteiger partial charge in [0.25, 0.3) is 0 Å². The lowest BCUT2D eigenvalue weighted by Crippen LogP contribution is -2.02. The van der Waals surface area contributed by atoms with Crippen molar-refractivity contribution in [3.8, 4) is 11.4 Å². The summed E-state index contributed by atoms with van der Waals surface area (Å²) in [4.78, 5) is 0. The highest BCUT2D eigenvalue weighted by molar-refractivity contribution is 5.46. The standard InChI is InChI=1S/C14H18N2O2/c1-3-8-18-14-7-5-4-6-13(14)16-9-12(10-17)11(2)15-16/h4-7,9,17H,3,8,10H2,1-2H3. The molecule has 4 nitrogen and oxygen atoms in total. The average molecular weight is 246 g/mol. The Balaban J connectivity index is 2.36. The lowest BCUT2D eigenvalue weighted by molar-refractivity contribution is 0.281. The van der Waals surface area contributed by atoms with Gasteiger partial charge in [-0.3, -0.25) is 0 Å². The monoisotopic (exact) mass is 246 g/mol. The van der Waals surface area contributed by atoms with Crippen LogP contribution in [-0.2, 0) is 6.61 Å². The molecule has 0 aliphatic rings. The second kappa shape index (κ2) is 5.69. The number of aromatic nitrogens is 2. The van der Waals surface area contributed by atoms with Crippen molar-refractivity contribution >= 4 is 0 Å². The minimum absolute atomic E-state index is 0.00379. The van der Waals surface area contributed by atoms with E-state index in [1.54, 1.807) is 4.68 Å². The lowest BCUT2D eigenvalue weighted by atomic mass is 10.3. The number of para-hydroxylation sites is 2. The van der Waals surface area contributed by atoms with Crippen LogP contribution in [0.5, 0.6) is 5.75 Å². The molecule has 0 saturated carbocycles. The quantitative estimate of drug-likeness (QED) is 0.881. The van der Waals surface area contributed by atoms with Crippen LogP contribution >= 0.6 is 0 Å². The fraction of sp³-hybridized carbons (Fsp3) is 0.357. The maximum absolute atomic E-state index is 9.20. The number of aryl methyl sites for hydroxylation is 1. The molecule has 0 unspecified atom stereocenters. The van der Waals surface area contributed by atoms with Crippen molar-refractivity contribution in [2.45, 2.75) is 26.9 Å². The van der Waals surface area contributed by atoms with Gasteiger partial charge in [0.05, 0.1) is 18.9 Å². The molecule has 0 aliphatic heterocycles. The molecule has 1 heterocycles. The van der Waals surface area contributed by atoms with Crippen LogP contribution in [-0.4, -0.2) is 21.5 Å². The van der Waals surface area contributed by atoms with Crippen molar-refractivity contribution in [3.63, 3.8) is 0 Å². The first-order valence-corrected chi connectivity index (χ1v) is 6.14. The highest BCUT2D eigenvalue weighted by Crippen LogP contribution is 2.23. The Morgan fingerprint density at radius 2 is 2.11 bits per heavy atom. The highest BCUT2D eigenvalue weighted by Gasteiger charge is 2.09. The molecule has 0 fully saturated rings. The number of aliphatic hydroxyl groups excluding tert-OH is 1. The molecule has 0 atom stereocenters. The third-order valence-corrected chi connectivity index (χ3v) is 2.74. The molecule has 2 aromatic rings. The van der Waals surface area contributed by atoms with Crippen LogP contribution in [0.4, 0.5) is 0 Å². The predicted molar refractivity (Wildman–Crippen MR) is 70.0 cm³/mol. The second-order valence-electron chi connectivity index (χ2n) is 4.16. The van der Waals surface area contributed by atoms with Crippen molar-refractivity contribution in [2.75, 3.05) is 6.61 Å². The first-order chi connectivity index (χ1) is 8.76. The smallest absolute Gasteiger partial charge is 0.144 e. The third kappa shape index (κ3) is 2.54. The summed E-state index contributed by atoms with van der Waals surface area (Å²) in [7, 11) is 0. The van der Waals surface area contributed by atoms with Crippen LogP contribution < -0.4 is 4.74 Å². The zero-order valence-corrected chi connectivity index (χ0v) is 10.8. The molecule has 0 bridgehead atoms. The van der Waals surface area contributed by atoms with E-state index in [1.165, 1.54) is 0 Å². The van der Waals surface area contributed by atoms with Gasteiger partial charge in [-0.1, -0.05) is 19.1 Å². The number of nitrogens with zero attached hydrogens (tertiary/aromatic N) is 2. The molecule has 1 aromatic carbocycles. The normalized spacial score (nSPS) is 10.6. The first-order valence-electron chi connectivity index (χ1n) is 6.14. The van der Waals surface area contributed by atoms with Crippen molar-refractivity contribution < 1.29 is 9.84 Å². The minimum Gasteiger partial charge on any atom is -0.491 e. The van der Waals surface area contributed by atoms with Gasteiger partial charge in [-0.15, -0.1) is 0 Å². The van der Waals surface area contributed by atoms with Gasteiger partial charge < -0.3 is 9.84 Å². The Morgan fingerprint density at radius 3 is 2.78 bits per heavy atom. The molecule has 0 spiro atoms. The molecule has 0 amide bonds. The zero-order valence-electron chi connectivity index (χ0n) is 10.8. The first kappa shape index (κ1) is 12.6. The molecule has 1 N–H and O–H groups in total. The van der Waals surface area contributed by atoms with Crippen LogP contribution in [0.3, 0.4) is 0 Å². The van der Waals surface area contributed by atoms with Crippen LogP contribution in [0.1, 0.15) is 24.6 Å². The van der Waals surface area contributed by atoms with E-state index in [4.69, 9.17) is 4.74 Å². The summed E-state index contributed by atoms with van der Waals surface area (Å²) in [5.74, 6) is 0.811. The number of ether oxygens (including phenoxy) is 1. The topological polar surface area (TPSA) is 47.3 Å². The molecule has 0 radical (unpaired) electrons. The fourth-order valence-corrected chi connectivity index (χ4v) is 1.75. The summed E-state index contributed by atoms with van der Waals surface area (Å²) < 4.78 is 7.46. The molecule has 1 aromatic heterocycles. The third-order valence-electron chi connectivity index (χ3n) is 2.74. The second-order valence-corrected chi connectivity index (χ2v) is 4.16. The van der Waals surface area contributed by atoms with E-state index in [-0.39, 0.29) is 6.61 Å². The van der Waals surface area contributed by atoms with Gasteiger partial charge in [0, 0.05) is 11.8 Å². The number of rotatable bonds is 5. The van der Waals surface area contributed by atoms with E-state index in [0.717, 1.165) is 29.1 Å². The Morgan fingerprint density at radius 1 is 1.33 bits per heavy atom. The van der Waals surface area contributed by atoms with E-state index in [9.17, 15) is 5.11 Å². The summed E-state index contributed by atoms with van der Waals surface area (Å²) in [5.41, 5.74) is 2.57. The Hall–Kier alpha value is -1.81. The van der Waals surface area contributed by atoms with E-state index in [0.29, 0.717) is 6.61 Å². The molecular formula is C14H18N2O2. The van der Waals surface area contributed by atoms with E-state index in [2.05, 4.69) is 12.0 Å². The van der Waals surface area contributed by atoms with Crippen molar-refractivity contribution in [1.29, 1.82) is 0 Å². The van der Waals surface area contributed by atoms with E-state index < -0.39 is 0 Å². The fourth-order valence-electron chi connectivity index (χ4n) is 1.75. The van der Waals surface area contributed by atoms with Crippen LogP contribution in [0.15, 0.2) is 30.5 Å². The average Bonchev–Trinajstić information content (AvgIpc) is 2.78. The largest absolute Gasteiger partial charge is 0.491 e. The van der Waals surface area contributed by atoms with Crippen molar-refractivity contribution in [1.82, 2.24) is 9.78 Å².